The molecule has 3 atom stereocenters. The molecule has 1 saturated carbocycles. The quantitative estimate of drug-likeness (QED) is 0.176. The molecule has 19 heteroatoms. The number of amides is 5. The van der Waals surface area contributed by atoms with E-state index in [9.17, 15) is 23.6 Å². The van der Waals surface area contributed by atoms with Gasteiger partial charge in [0.05, 0.1) is 41.2 Å². The predicted molar refractivity (Wildman–Crippen MR) is 239 cm³/mol. The van der Waals surface area contributed by atoms with Crippen LogP contribution in [0, 0.1) is 11.8 Å². The molecule has 7 heterocycles. The average molecular weight is 916 g/mol. The van der Waals surface area contributed by atoms with Crippen LogP contribution in [-0.4, -0.2) is 137 Å². The van der Waals surface area contributed by atoms with Crippen LogP contribution >= 0.6 is 11.6 Å². The minimum Gasteiger partial charge on any atom is -0.385 e. The number of halogens is 4. The van der Waals surface area contributed by atoms with E-state index < -0.39 is 36.1 Å². The number of nitrogens with zero attached hydrogens (tertiary/aromatic N) is 8. The molecule has 3 N–H and O–H groups in total. The van der Waals surface area contributed by atoms with Gasteiger partial charge in [0.25, 0.3) is 17.7 Å². The monoisotopic (exact) mass is 915 g/mol. The number of imidazole rings is 1. The lowest BCUT2D eigenvalue weighted by molar-refractivity contribution is -0.135. The van der Waals surface area contributed by atoms with Crippen LogP contribution in [-0.2, 0) is 17.8 Å². The third-order valence-electron chi connectivity index (χ3n) is 14.5. The molecule has 2 aromatic heterocycles. The molecule has 15 nitrogen and oxygen atoms in total. The van der Waals surface area contributed by atoms with Crippen molar-refractivity contribution in [2.75, 3.05) is 74.5 Å². The van der Waals surface area contributed by atoms with Crippen molar-refractivity contribution in [3.8, 4) is 0 Å². The maximum atomic E-state index is 16.2. The summed E-state index contributed by atoms with van der Waals surface area (Å²) in [5, 5.41) is 13.3. The molecule has 344 valence electrons. The number of urea groups is 1. The number of rotatable bonds is 10. The van der Waals surface area contributed by atoms with Crippen molar-refractivity contribution in [2.24, 2.45) is 11.8 Å². The van der Waals surface area contributed by atoms with Gasteiger partial charge in [-0.25, -0.2) is 27.5 Å². The summed E-state index contributed by atoms with van der Waals surface area (Å²) in [7, 11) is 1.77. The summed E-state index contributed by atoms with van der Waals surface area (Å²) < 4.78 is 47.4. The zero-order chi connectivity index (χ0) is 45.1. The lowest BCUT2D eigenvalue weighted by Crippen LogP contribution is -2.59. The summed E-state index contributed by atoms with van der Waals surface area (Å²) in [4.78, 5) is 64.4. The van der Waals surface area contributed by atoms with Gasteiger partial charge in [0.1, 0.15) is 6.17 Å². The van der Waals surface area contributed by atoms with Crippen LogP contribution in [0.25, 0.3) is 5.65 Å². The molecule has 2 unspecified atom stereocenters. The Morgan fingerprint density at radius 1 is 0.908 bits per heavy atom. The van der Waals surface area contributed by atoms with E-state index in [1.807, 2.05) is 39.0 Å². The molecule has 5 aliphatic heterocycles. The molecular weight excluding hydrogens is 863 g/mol. The van der Waals surface area contributed by atoms with E-state index in [-0.39, 0.29) is 37.0 Å². The summed E-state index contributed by atoms with van der Waals surface area (Å²) in [6, 6.07) is 10.9. The molecule has 1 aliphatic carbocycles. The number of nitrogens with one attached hydrogen (secondary N) is 3. The molecule has 10 rings (SSSR count). The number of hydrogen-bond donors (Lipinski definition) is 3. The minimum absolute atomic E-state index is 0.132. The van der Waals surface area contributed by atoms with Gasteiger partial charge in [0, 0.05) is 76.5 Å². The predicted octanol–water partition coefficient (Wildman–Crippen LogP) is 5.88. The van der Waals surface area contributed by atoms with Crippen molar-refractivity contribution in [1.29, 1.82) is 0 Å². The zero-order valence-corrected chi connectivity index (χ0v) is 37.0. The summed E-state index contributed by atoms with van der Waals surface area (Å²) >= 11 is 6.41. The number of anilines is 4. The molecule has 4 saturated heterocycles. The fraction of sp³-hybridized carbons (Fsp3) is 0.522. The van der Waals surface area contributed by atoms with Crippen molar-refractivity contribution < 1.29 is 32.3 Å². The summed E-state index contributed by atoms with van der Waals surface area (Å²) in [5.74, 6) is -2.35. The number of hydrogen-bond acceptors (Lipinski definition) is 10. The normalized spacial score (nSPS) is 24.3. The van der Waals surface area contributed by atoms with E-state index in [1.165, 1.54) is 15.6 Å². The Bertz CT molecular complexity index is 2530. The van der Waals surface area contributed by atoms with E-state index in [1.54, 1.807) is 25.2 Å². The molecule has 2 aromatic carbocycles. The maximum Gasteiger partial charge on any atom is 0.328 e. The number of fused-ring (bicyclic) bond motifs is 2. The first-order valence-electron chi connectivity index (χ1n) is 22.8. The maximum absolute atomic E-state index is 16.2. The fourth-order valence-corrected chi connectivity index (χ4v) is 11.0. The number of piperidine rings is 3. The number of benzene rings is 2. The molecule has 0 radical (unpaired) electrons. The number of alkyl halides is 3. The number of imide groups is 1. The highest BCUT2D eigenvalue weighted by atomic mass is 35.5. The van der Waals surface area contributed by atoms with Crippen molar-refractivity contribution in [2.45, 2.75) is 82.1 Å². The van der Waals surface area contributed by atoms with Crippen molar-refractivity contribution in [3.63, 3.8) is 0 Å². The first-order valence-corrected chi connectivity index (χ1v) is 23.2. The van der Waals surface area contributed by atoms with Gasteiger partial charge in [-0.3, -0.25) is 34.4 Å². The van der Waals surface area contributed by atoms with Gasteiger partial charge in [-0.2, -0.15) is 0 Å². The van der Waals surface area contributed by atoms with Crippen LogP contribution in [0.5, 0.6) is 0 Å². The highest BCUT2D eigenvalue weighted by Gasteiger charge is 2.48. The van der Waals surface area contributed by atoms with Crippen LogP contribution in [0.2, 0.25) is 5.02 Å². The van der Waals surface area contributed by atoms with E-state index in [4.69, 9.17) is 16.7 Å². The number of carbonyl (C=O) groups is 4. The molecule has 0 spiro atoms. The van der Waals surface area contributed by atoms with E-state index in [2.05, 4.69) is 25.8 Å². The van der Waals surface area contributed by atoms with Crippen LogP contribution in [0.4, 0.5) is 40.8 Å². The number of aromatic nitrogens is 3. The standard InChI is InChI=1S/C46H53ClF3N11O4/c1-51-35-23-40(55-61-38(24-52-42(35)61)43(63)53-34-22-33(34)48)59-19-11-31-30(3-2-4-36(31)59)25-56-14-12-39(46(49,50)26-56)57-15-7-27(8-16-57)28-9-17-58(18-10-28)44(64)29-5-6-32(47)37(21-29)60-20-13-41(62)54-45(60)65/h2-6,21,23-24,27-28,33-34,39,51H,7-20,22,25-26H2,1H3,(H,53,63)(H,54,62,65)/t33-,34?,39?/m0/s1. The Kier molecular flexibility index (Phi) is 11.6. The van der Waals surface area contributed by atoms with Gasteiger partial charge in [-0.1, -0.05) is 23.7 Å². The molecule has 5 fully saturated rings. The zero-order valence-electron chi connectivity index (χ0n) is 36.2. The Balaban J connectivity index is 0.727. The Labute approximate surface area is 379 Å². The average Bonchev–Trinajstić information content (AvgIpc) is 3.61. The van der Waals surface area contributed by atoms with E-state index >= 15 is 8.78 Å². The molecule has 4 aromatic rings. The summed E-state index contributed by atoms with van der Waals surface area (Å²) in [5.41, 5.74) is 5.24. The van der Waals surface area contributed by atoms with Gasteiger partial charge in [-0.05, 0) is 98.8 Å². The minimum atomic E-state index is -2.88. The lowest BCUT2D eigenvalue weighted by atomic mass is 9.78. The van der Waals surface area contributed by atoms with Crippen molar-refractivity contribution >= 4 is 63.9 Å². The van der Waals surface area contributed by atoms with Crippen LogP contribution in [0.15, 0.2) is 48.7 Å². The van der Waals surface area contributed by atoms with E-state index in [0.29, 0.717) is 110 Å². The molecule has 0 bridgehead atoms. The van der Waals surface area contributed by atoms with Crippen LogP contribution < -0.4 is 25.8 Å². The molecule has 5 amide bonds. The number of likely N-dealkylation sites (tertiary alicyclic amines) is 3. The third kappa shape index (κ3) is 8.48. The van der Waals surface area contributed by atoms with E-state index in [0.717, 1.165) is 42.5 Å². The summed E-state index contributed by atoms with van der Waals surface area (Å²) in [6.45, 7) is 3.94. The van der Waals surface area contributed by atoms with Crippen molar-refractivity contribution in [3.05, 3.63) is 76.1 Å². The van der Waals surface area contributed by atoms with Gasteiger partial charge in [-0.15, -0.1) is 5.10 Å². The van der Waals surface area contributed by atoms with Crippen LogP contribution in [0.1, 0.15) is 76.9 Å². The Hall–Kier alpha value is -5.46. The van der Waals surface area contributed by atoms with Crippen molar-refractivity contribution in [1.82, 2.24) is 39.9 Å². The third-order valence-corrected chi connectivity index (χ3v) is 14.8. The highest BCUT2D eigenvalue weighted by molar-refractivity contribution is 6.34. The summed E-state index contributed by atoms with van der Waals surface area (Å²) in [6.07, 6.45) is 5.36. The second kappa shape index (κ2) is 17.4. The topological polar surface area (TPSA) is 151 Å². The molecule has 65 heavy (non-hydrogen) atoms. The lowest BCUT2D eigenvalue weighted by Gasteiger charge is -2.47. The molecular formula is C46H53ClF3N11O4. The van der Waals surface area contributed by atoms with Gasteiger partial charge >= 0.3 is 6.03 Å². The highest BCUT2D eigenvalue weighted by Crippen LogP contribution is 2.41. The Morgan fingerprint density at radius 2 is 1.65 bits per heavy atom. The SMILES string of the molecule is CNc1cc(N2CCc3c(CN4CCC(N5CCC(C6CCN(C(=O)c7ccc(Cl)c(N8CCC(=O)NC8=O)c7)CC6)CC5)C(F)(F)C4)cccc32)nn2c(C(=O)NC3C[C@@H]3F)cnc12. The van der Waals surface area contributed by atoms with Crippen LogP contribution in [0.3, 0.4) is 0 Å². The number of carbonyl (C=O) groups excluding carboxylic acids is 4. The first kappa shape index (κ1) is 43.4. The smallest absolute Gasteiger partial charge is 0.328 e. The van der Waals surface area contributed by atoms with Gasteiger partial charge in [0.2, 0.25) is 5.91 Å². The fourth-order valence-electron chi connectivity index (χ4n) is 10.8. The van der Waals surface area contributed by atoms with Gasteiger partial charge < -0.3 is 20.4 Å². The molecule has 6 aliphatic rings. The second-order valence-electron chi connectivity index (χ2n) is 18.4. The van der Waals surface area contributed by atoms with Gasteiger partial charge in [0.15, 0.2) is 17.2 Å². The Morgan fingerprint density at radius 3 is 2.35 bits per heavy atom. The largest absolute Gasteiger partial charge is 0.385 e. The first-order chi connectivity index (χ1) is 31.3. The second-order valence-corrected chi connectivity index (χ2v) is 18.8.